The van der Waals surface area contributed by atoms with Crippen molar-refractivity contribution in [1.82, 2.24) is 10.0 Å². The summed E-state index contributed by atoms with van der Waals surface area (Å²) < 4.78 is 38.2. The summed E-state index contributed by atoms with van der Waals surface area (Å²) in [5.41, 5.74) is 0.693. The van der Waals surface area contributed by atoms with Gasteiger partial charge >= 0.3 is 0 Å². The van der Waals surface area contributed by atoms with E-state index in [0.717, 1.165) is 0 Å². The molecule has 1 heterocycles. The summed E-state index contributed by atoms with van der Waals surface area (Å²) in [6, 6.07) is 7.10. The average molecular weight is 380 g/mol. The fourth-order valence-corrected chi connectivity index (χ4v) is 3.87. The minimum absolute atomic E-state index is 0.0836. The molecule has 0 aliphatic heterocycles. The number of hydrogen-bond acceptors (Lipinski definition) is 5. The zero-order valence-corrected chi connectivity index (χ0v) is 16.1. The second kappa shape index (κ2) is 8.37. The summed E-state index contributed by atoms with van der Waals surface area (Å²) in [6.45, 7) is 5.50. The van der Waals surface area contributed by atoms with Crippen molar-refractivity contribution in [3.8, 4) is 5.75 Å². The molecule has 142 valence electrons. The maximum atomic E-state index is 12.7. The Kier molecular flexibility index (Phi) is 6.44. The molecule has 7 nitrogen and oxygen atoms in total. The van der Waals surface area contributed by atoms with Gasteiger partial charge in [0, 0.05) is 0 Å². The molecule has 1 aromatic carbocycles. The molecule has 1 amide bonds. The number of furan rings is 1. The number of nitrogens with one attached hydrogen (secondary N) is 2. The Labute approximate surface area is 153 Å². The van der Waals surface area contributed by atoms with Gasteiger partial charge < -0.3 is 14.5 Å². The predicted molar refractivity (Wildman–Crippen MR) is 97.2 cm³/mol. The molecule has 0 unspecified atom stereocenters. The molecular weight excluding hydrogens is 356 g/mol. The van der Waals surface area contributed by atoms with Crippen LogP contribution >= 0.6 is 0 Å². The lowest BCUT2D eigenvalue weighted by molar-refractivity contribution is -0.123. The predicted octanol–water partition coefficient (Wildman–Crippen LogP) is 2.22. The molecule has 0 saturated heterocycles. The van der Waals surface area contributed by atoms with Crippen molar-refractivity contribution in [3.63, 3.8) is 0 Å². The van der Waals surface area contributed by atoms with E-state index in [1.807, 2.05) is 0 Å². The summed E-state index contributed by atoms with van der Waals surface area (Å²) in [7, 11) is -2.34. The molecule has 0 aliphatic rings. The Morgan fingerprint density at radius 1 is 1.27 bits per heavy atom. The monoisotopic (exact) mass is 380 g/mol. The van der Waals surface area contributed by atoms with Crippen molar-refractivity contribution in [1.29, 1.82) is 0 Å². The van der Waals surface area contributed by atoms with E-state index in [1.165, 1.54) is 25.5 Å². The molecule has 8 heteroatoms. The molecule has 0 saturated carbocycles. The van der Waals surface area contributed by atoms with Crippen LogP contribution in [0.3, 0.4) is 0 Å². The molecule has 0 bridgehead atoms. The fourth-order valence-electron chi connectivity index (χ4n) is 2.44. The Morgan fingerprint density at radius 2 is 2.00 bits per heavy atom. The Morgan fingerprint density at radius 3 is 2.54 bits per heavy atom. The largest absolute Gasteiger partial charge is 0.496 e. The molecular formula is C18H24N2O5S. The van der Waals surface area contributed by atoms with Crippen LogP contribution in [0.15, 0.2) is 45.9 Å². The van der Waals surface area contributed by atoms with Gasteiger partial charge in [-0.05, 0) is 48.7 Å². The molecule has 2 N–H and O–H groups in total. The first-order chi connectivity index (χ1) is 12.2. The topological polar surface area (TPSA) is 97.6 Å². The van der Waals surface area contributed by atoms with Crippen molar-refractivity contribution in [3.05, 3.63) is 47.9 Å². The van der Waals surface area contributed by atoms with Gasteiger partial charge in [-0.1, -0.05) is 13.8 Å². The van der Waals surface area contributed by atoms with E-state index in [1.54, 1.807) is 39.0 Å². The van der Waals surface area contributed by atoms with E-state index in [4.69, 9.17) is 9.15 Å². The fraction of sp³-hybridized carbons (Fsp3) is 0.389. The van der Waals surface area contributed by atoms with Crippen molar-refractivity contribution >= 4 is 15.9 Å². The van der Waals surface area contributed by atoms with Crippen LogP contribution in [-0.2, 0) is 21.4 Å². The lowest BCUT2D eigenvalue weighted by Gasteiger charge is -2.21. The first-order valence-electron chi connectivity index (χ1n) is 8.21. The minimum Gasteiger partial charge on any atom is -0.496 e. The summed E-state index contributed by atoms with van der Waals surface area (Å²) in [6.07, 6.45) is 1.51. The Bertz CT molecular complexity index is 844. The van der Waals surface area contributed by atoms with Gasteiger partial charge in [-0.3, -0.25) is 4.79 Å². The third-order valence-corrected chi connectivity index (χ3v) is 5.36. The van der Waals surface area contributed by atoms with Crippen LogP contribution in [0.25, 0.3) is 0 Å². The summed E-state index contributed by atoms with van der Waals surface area (Å²) >= 11 is 0. The SMILES string of the molecule is COc1ccc(S(=O)(=O)N[C@H](C(=O)NCc2ccco2)C(C)C)cc1C. The zero-order chi connectivity index (χ0) is 19.3. The maximum absolute atomic E-state index is 12.7. The van der Waals surface area contributed by atoms with Crippen molar-refractivity contribution in [2.75, 3.05) is 7.11 Å². The number of carbonyl (C=O) groups is 1. The highest BCUT2D eigenvalue weighted by Gasteiger charge is 2.28. The molecule has 0 radical (unpaired) electrons. The average Bonchev–Trinajstić information content (AvgIpc) is 3.10. The molecule has 0 fully saturated rings. The summed E-state index contributed by atoms with van der Waals surface area (Å²) in [4.78, 5) is 12.5. The van der Waals surface area contributed by atoms with Crippen molar-refractivity contribution in [2.24, 2.45) is 5.92 Å². The van der Waals surface area contributed by atoms with Gasteiger partial charge in [-0.25, -0.2) is 8.42 Å². The van der Waals surface area contributed by atoms with Gasteiger partial charge in [-0.2, -0.15) is 4.72 Å². The molecule has 1 aromatic heterocycles. The van der Waals surface area contributed by atoms with Crippen LogP contribution < -0.4 is 14.8 Å². The van der Waals surface area contributed by atoms with Gasteiger partial charge in [0.2, 0.25) is 15.9 Å². The molecule has 26 heavy (non-hydrogen) atoms. The van der Waals surface area contributed by atoms with E-state index in [-0.39, 0.29) is 17.4 Å². The summed E-state index contributed by atoms with van der Waals surface area (Å²) in [5, 5.41) is 2.69. The van der Waals surface area contributed by atoms with E-state index in [9.17, 15) is 13.2 Å². The third-order valence-electron chi connectivity index (χ3n) is 3.92. The van der Waals surface area contributed by atoms with Gasteiger partial charge in [-0.15, -0.1) is 0 Å². The van der Waals surface area contributed by atoms with E-state index >= 15 is 0 Å². The Balaban J connectivity index is 2.14. The molecule has 0 spiro atoms. The number of benzene rings is 1. The smallest absolute Gasteiger partial charge is 0.241 e. The number of methoxy groups -OCH3 is 1. The van der Waals surface area contributed by atoms with Crippen LogP contribution in [0.4, 0.5) is 0 Å². The second-order valence-electron chi connectivity index (χ2n) is 6.27. The number of hydrogen-bond donors (Lipinski definition) is 2. The van der Waals surface area contributed by atoms with E-state index < -0.39 is 22.0 Å². The van der Waals surface area contributed by atoms with Crippen LogP contribution in [0.1, 0.15) is 25.2 Å². The standard InChI is InChI=1S/C18H24N2O5S/c1-12(2)17(18(21)19-11-14-6-5-9-25-14)20-26(22,23)15-7-8-16(24-4)13(3)10-15/h5-10,12,17,20H,11H2,1-4H3,(H,19,21)/t17-/m0/s1. The maximum Gasteiger partial charge on any atom is 0.241 e. The van der Waals surface area contributed by atoms with Gasteiger partial charge in [0.25, 0.3) is 0 Å². The second-order valence-corrected chi connectivity index (χ2v) is 7.99. The number of amides is 1. The lowest BCUT2D eigenvalue weighted by Crippen LogP contribution is -2.49. The zero-order valence-electron chi connectivity index (χ0n) is 15.3. The minimum atomic E-state index is -3.86. The first kappa shape index (κ1) is 20.0. The molecule has 2 rings (SSSR count). The van der Waals surface area contributed by atoms with Crippen molar-refractivity contribution in [2.45, 2.75) is 38.3 Å². The molecule has 0 aliphatic carbocycles. The van der Waals surface area contributed by atoms with Gasteiger partial charge in [0.1, 0.15) is 17.6 Å². The van der Waals surface area contributed by atoms with Crippen LogP contribution in [0.5, 0.6) is 5.75 Å². The normalized spacial score (nSPS) is 12.8. The third kappa shape index (κ3) is 4.86. The highest BCUT2D eigenvalue weighted by Crippen LogP contribution is 2.22. The van der Waals surface area contributed by atoms with Crippen LogP contribution in [0, 0.1) is 12.8 Å². The van der Waals surface area contributed by atoms with Gasteiger partial charge in [0.15, 0.2) is 0 Å². The van der Waals surface area contributed by atoms with E-state index in [0.29, 0.717) is 17.1 Å². The number of sulfonamides is 1. The Hall–Kier alpha value is -2.32. The molecule has 2 aromatic rings. The number of carbonyl (C=O) groups excluding carboxylic acids is 1. The van der Waals surface area contributed by atoms with Crippen LogP contribution in [-0.4, -0.2) is 27.5 Å². The number of ether oxygens (including phenoxy) is 1. The van der Waals surface area contributed by atoms with E-state index in [2.05, 4.69) is 10.0 Å². The highest BCUT2D eigenvalue weighted by molar-refractivity contribution is 7.89. The van der Waals surface area contributed by atoms with Crippen molar-refractivity contribution < 1.29 is 22.4 Å². The number of aryl methyl sites for hydroxylation is 1. The first-order valence-corrected chi connectivity index (χ1v) is 9.70. The van der Waals surface area contributed by atoms with Crippen LogP contribution in [0.2, 0.25) is 0 Å². The summed E-state index contributed by atoms with van der Waals surface area (Å²) in [5.74, 6) is 0.543. The molecule has 1 atom stereocenters. The lowest BCUT2D eigenvalue weighted by atomic mass is 10.1. The quantitative estimate of drug-likeness (QED) is 0.732. The van der Waals surface area contributed by atoms with Gasteiger partial charge in [0.05, 0.1) is 24.8 Å². The highest BCUT2D eigenvalue weighted by atomic mass is 32.2. The number of rotatable bonds is 8.